The zero-order valence-corrected chi connectivity index (χ0v) is 25.2. The summed E-state index contributed by atoms with van der Waals surface area (Å²) in [5.41, 5.74) is -2.74. The lowest BCUT2D eigenvalue weighted by atomic mass is 9.70. The van der Waals surface area contributed by atoms with Gasteiger partial charge in [0, 0.05) is 25.2 Å². The minimum Gasteiger partial charge on any atom is -0.497 e. The number of esters is 1. The van der Waals surface area contributed by atoms with E-state index in [0.29, 0.717) is 16.9 Å². The Morgan fingerprint density at radius 1 is 0.956 bits per heavy atom. The highest BCUT2D eigenvalue weighted by Crippen LogP contribution is 2.70. The van der Waals surface area contributed by atoms with Crippen molar-refractivity contribution in [2.45, 2.75) is 41.9 Å². The number of methoxy groups -OCH3 is 4. The summed E-state index contributed by atoms with van der Waals surface area (Å²) in [7, 11) is 5.62. The van der Waals surface area contributed by atoms with E-state index in [-0.39, 0.29) is 36.0 Å². The molecule has 0 aromatic heterocycles. The maximum Gasteiger partial charge on any atom is 0.312 e. The highest BCUT2D eigenvalue weighted by Gasteiger charge is 2.78. The Morgan fingerprint density at radius 2 is 1.69 bits per heavy atom. The van der Waals surface area contributed by atoms with Gasteiger partial charge >= 0.3 is 5.97 Å². The largest absolute Gasteiger partial charge is 0.497 e. The van der Waals surface area contributed by atoms with E-state index in [1.54, 1.807) is 30.3 Å². The highest BCUT2D eigenvalue weighted by molar-refractivity contribution is 5.78. The van der Waals surface area contributed by atoms with Crippen LogP contribution in [0.2, 0.25) is 0 Å². The van der Waals surface area contributed by atoms with E-state index in [1.165, 1.54) is 34.5 Å². The van der Waals surface area contributed by atoms with Crippen LogP contribution in [0.15, 0.2) is 66.7 Å². The molecule has 2 aliphatic heterocycles. The van der Waals surface area contributed by atoms with Crippen LogP contribution in [0.5, 0.6) is 23.0 Å². The Hall–Kier alpha value is -3.91. The van der Waals surface area contributed by atoms with E-state index in [4.69, 9.17) is 37.9 Å². The lowest BCUT2D eigenvalue weighted by molar-refractivity contribution is -0.315. The summed E-state index contributed by atoms with van der Waals surface area (Å²) in [5, 5.41) is 34.7. The molecule has 3 N–H and O–H groups in total. The van der Waals surface area contributed by atoms with E-state index in [9.17, 15) is 20.1 Å². The van der Waals surface area contributed by atoms with Crippen molar-refractivity contribution < 1.29 is 58.0 Å². The number of hydrogen-bond donors (Lipinski definition) is 3. The number of ether oxygens (including phenoxy) is 8. The van der Waals surface area contributed by atoms with Crippen LogP contribution < -0.4 is 18.9 Å². The summed E-state index contributed by atoms with van der Waals surface area (Å²) < 4.78 is 46.1. The lowest BCUT2D eigenvalue weighted by Crippen LogP contribution is -2.52. The first-order valence-corrected chi connectivity index (χ1v) is 14.4. The Balaban J connectivity index is 1.55. The number of fused-ring (bicyclic) bond motifs is 3. The molecule has 3 aliphatic rings. The third-order valence-electron chi connectivity index (χ3n) is 8.88. The molecule has 45 heavy (non-hydrogen) atoms. The number of carbonyl (C=O) groups is 1. The van der Waals surface area contributed by atoms with Gasteiger partial charge in [0.15, 0.2) is 11.2 Å². The molecule has 12 heteroatoms. The van der Waals surface area contributed by atoms with Crippen molar-refractivity contribution in [3.05, 3.63) is 83.4 Å². The second-order valence-electron chi connectivity index (χ2n) is 11.1. The van der Waals surface area contributed by atoms with Crippen molar-refractivity contribution in [1.29, 1.82) is 0 Å². The van der Waals surface area contributed by atoms with Gasteiger partial charge in [0.1, 0.15) is 35.2 Å². The summed E-state index contributed by atoms with van der Waals surface area (Å²) in [6.07, 6.45) is -4.29. The quantitative estimate of drug-likeness (QED) is 0.300. The summed E-state index contributed by atoms with van der Waals surface area (Å²) >= 11 is 0. The molecule has 240 valence electrons. The Morgan fingerprint density at radius 3 is 2.31 bits per heavy atom. The maximum atomic E-state index is 13.4. The topological polar surface area (TPSA) is 152 Å². The minimum atomic E-state index is -2.22. The van der Waals surface area contributed by atoms with Gasteiger partial charge in [-0.15, -0.1) is 0 Å². The Kier molecular flexibility index (Phi) is 8.37. The normalized spacial score (nSPS) is 31.8. The monoisotopic (exact) mass is 624 g/mol. The molecule has 12 nitrogen and oxygen atoms in total. The fraction of sp³-hybridized carbons (Fsp3) is 0.424. The predicted octanol–water partition coefficient (Wildman–Crippen LogP) is 2.21. The van der Waals surface area contributed by atoms with Gasteiger partial charge in [0.2, 0.25) is 6.29 Å². The molecule has 3 aromatic carbocycles. The van der Waals surface area contributed by atoms with Crippen molar-refractivity contribution >= 4 is 5.97 Å². The Labute approximate surface area is 259 Å². The standard InChI is InChI=1S/C33H36O12/c1-38-20-12-10-19(11-13-20)33-26(18-8-6-5-7-9-18)25(29(36)40-3)28(35)32(33,37)27-23(39-2)14-21(15-24(27)45-33)43-31-30(41-4)42-17-22(16-34)44-31/h5-15,22,25-26,28,30-31,34-35,37H,16-17H2,1-4H3/t22-,25+,26+,28+,30+,31+,32-,33-/m0/s1. The van der Waals surface area contributed by atoms with Crippen LogP contribution in [-0.4, -0.2) is 87.7 Å². The first-order chi connectivity index (χ1) is 21.8. The summed E-state index contributed by atoms with van der Waals surface area (Å²) in [6.45, 7) is -0.173. The molecular formula is C33H36O12. The molecule has 0 spiro atoms. The molecular weight excluding hydrogens is 588 g/mol. The predicted molar refractivity (Wildman–Crippen MR) is 156 cm³/mol. The number of hydrogen-bond acceptors (Lipinski definition) is 12. The minimum absolute atomic E-state index is 0.114. The van der Waals surface area contributed by atoms with Crippen molar-refractivity contribution in [2.24, 2.45) is 5.92 Å². The Bertz CT molecular complexity index is 1510. The van der Waals surface area contributed by atoms with Gasteiger partial charge < -0.3 is 53.2 Å². The second kappa shape index (κ2) is 12.1. The summed E-state index contributed by atoms with van der Waals surface area (Å²) in [4.78, 5) is 13.4. The highest BCUT2D eigenvalue weighted by atomic mass is 16.8. The smallest absolute Gasteiger partial charge is 0.312 e. The van der Waals surface area contributed by atoms with Crippen LogP contribution in [0.1, 0.15) is 22.6 Å². The van der Waals surface area contributed by atoms with Crippen LogP contribution in [0.3, 0.4) is 0 Å². The molecule has 0 radical (unpaired) electrons. The van der Waals surface area contributed by atoms with Crippen molar-refractivity contribution in [2.75, 3.05) is 41.7 Å². The molecule has 0 bridgehead atoms. The van der Waals surface area contributed by atoms with Crippen molar-refractivity contribution in [3.63, 3.8) is 0 Å². The number of aliphatic hydroxyl groups is 3. The average Bonchev–Trinajstić information content (AvgIpc) is 3.46. The zero-order valence-electron chi connectivity index (χ0n) is 25.2. The molecule has 8 atom stereocenters. The SMILES string of the molecule is COC(=O)[C@H]1[C@@H](O)[C@@]2(O)c3c(OC)cc(O[C@@H]4O[C@@H](CO)CO[C@H]4OC)cc3O[C@@]2(c2ccc(OC)cc2)[C@@H]1c1ccccc1. The number of benzene rings is 3. The third kappa shape index (κ3) is 4.71. The van der Waals surface area contributed by atoms with E-state index in [1.807, 2.05) is 30.3 Å². The summed E-state index contributed by atoms with van der Waals surface area (Å²) in [6, 6.07) is 19.0. The lowest BCUT2D eigenvalue weighted by Gasteiger charge is -2.40. The van der Waals surface area contributed by atoms with Gasteiger partial charge in [-0.05, 0) is 23.3 Å². The fourth-order valence-corrected chi connectivity index (χ4v) is 6.92. The molecule has 1 saturated heterocycles. The molecule has 0 amide bonds. The molecule has 2 heterocycles. The van der Waals surface area contributed by atoms with Crippen LogP contribution >= 0.6 is 0 Å². The fourth-order valence-electron chi connectivity index (χ4n) is 6.92. The molecule has 2 fully saturated rings. The number of carbonyl (C=O) groups excluding carboxylic acids is 1. The second-order valence-corrected chi connectivity index (χ2v) is 11.1. The average molecular weight is 625 g/mol. The van der Waals surface area contributed by atoms with Gasteiger partial charge in [-0.1, -0.05) is 42.5 Å². The van der Waals surface area contributed by atoms with E-state index >= 15 is 0 Å². The van der Waals surface area contributed by atoms with Crippen LogP contribution in [0.4, 0.5) is 0 Å². The van der Waals surface area contributed by atoms with Crippen LogP contribution in [-0.2, 0) is 34.9 Å². The molecule has 1 aliphatic carbocycles. The molecule has 6 rings (SSSR count). The maximum absolute atomic E-state index is 13.4. The van der Waals surface area contributed by atoms with Crippen molar-refractivity contribution in [3.8, 4) is 23.0 Å². The van der Waals surface area contributed by atoms with Crippen LogP contribution in [0.25, 0.3) is 0 Å². The first kappa shape index (κ1) is 31.1. The van der Waals surface area contributed by atoms with E-state index in [0.717, 1.165) is 0 Å². The van der Waals surface area contributed by atoms with Gasteiger partial charge in [-0.3, -0.25) is 4.79 Å². The zero-order chi connectivity index (χ0) is 31.9. The molecule has 1 saturated carbocycles. The van der Waals surface area contributed by atoms with E-state index < -0.39 is 53.8 Å². The molecule has 3 aromatic rings. The van der Waals surface area contributed by atoms with Gasteiger partial charge in [0.05, 0.1) is 46.0 Å². The van der Waals surface area contributed by atoms with Crippen molar-refractivity contribution in [1.82, 2.24) is 0 Å². The first-order valence-electron chi connectivity index (χ1n) is 14.4. The van der Waals surface area contributed by atoms with E-state index in [2.05, 4.69) is 0 Å². The van der Waals surface area contributed by atoms with Crippen LogP contribution in [0, 0.1) is 5.92 Å². The van der Waals surface area contributed by atoms with Gasteiger partial charge in [0.25, 0.3) is 6.29 Å². The third-order valence-corrected chi connectivity index (χ3v) is 8.88. The molecule has 0 unspecified atom stereocenters. The van der Waals surface area contributed by atoms with Gasteiger partial charge in [-0.2, -0.15) is 0 Å². The number of rotatable bonds is 9. The number of aliphatic hydroxyl groups excluding tert-OH is 2. The van der Waals surface area contributed by atoms with Gasteiger partial charge in [-0.25, -0.2) is 0 Å². The summed E-state index contributed by atoms with van der Waals surface area (Å²) in [5.74, 6) is -1.83.